The van der Waals surface area contributed by atoms with Crippen molar-refractivity contribution < 1.29 is 19.4 Å². The molecule has 0 fully saturated rings. The van der Waals surface area contributed by atoms with Gasteiger partial charge in [-0.3, -0.25) is 4.90 Å². The van der Waals surface area contributed by atoms with E-state index in [1.54, 1.807) is 17.0 Å². The van der Waals surface area contributed by atoms with E-state index < -0.39 is 11.6 Å². The molecule has 1 aromatic rings. The summed E-state index contributed by atoms with van der Waals surface area (Å²) < 4.78 is 5.44. The molecule has 1 N–H and O–H groups in total. The maximum Gasteiger partial charge on any atom is 0.414 e. The number of ether oxygens (including phenoxy) is 1. The number of aromatic carboxylic acids is 1. The molecule has 0 radical (unpaired) electrons. The van der Waals surface area contributed by atoms with Crippen LogP contribution in [0.15, 0.2) is 18.2 Å². The van der Waals surface area contributed by atoms with E-state index in [4.69, 9.17) is 9.84 Å². The fraction of sp³-hybridized carbons (Fsp3) is 0.500. The molecular formula is C16H21NO4. The van der Waals surface area contributed by atoms with Crippen molar-refractivity contribution in [1.82, 2.24) is 0 Å². The molecule has 1 heterocycles. The summed E-state index contributed by atoms with van der Waals surface area (Å²) >= 11 is 0. The molecule has 1 amide bonds. The predicted molar refractivity (Wildman–Crippen MR) is 79.9 cm³/mol. The van der Waals surface area contributed by atoms with Gasteiger partial charge in [0, 0.05) is 6.54 Å². The highest BCUT2D eigenvalue weighted by Gasteiger charge is 2.26. The standard InChI is InChI=1S/C16H21NO4/c1-16(2,3)21-15(20)17-9-5-4-6-11-10-12(14(18)19)7-8-13(11)17/h7-8,10H,4-6,9H2,1-3H3,(H,18,19). The second-order valence-electron chi connectivity index (χ2n) is 6.24. The van der Waals surface area contributed by atoms with Crippen LogP contribution in [0, 0.1) is 0 Å². The van der Waals surface area contributed by atoms with Gasteiger partial charge in [-0.15, -0.1) is 0 Å². The highest BCUT2D eigenvalue weighted by molar-refractivity contribution is 5.92. The normalized spacial score (nSPS) is 15.1. The van der Waals surface area contributed by atoms with Crippen molar-refractivity contribution in [3.63, 3.8) is 0 Å². The molecule has 0 aromatic heterocycles. The van der Waals surface area contributed by atoms with E-state index in [9.17, 15) is 9.59 Å². The van der Waals surface area contributed by atoms with Crippen molar-refractivity contribution >= 4 is 17.7 Å². The Hall–Kier alpha value is -2.04. The van der Waals surface area contributed by atoms with Gasteiger partial charge in [0.05, 0.1) is 11.3 Å². The smallest absolute Gasteiger partial charge is 0.414 e. The lowest BCUT2D eigenvalue weighted by Gasteiger charge is -2.27. The highest BCUT2D eigenvalue weighted by atomic mass is 16.6. The molecule has 0 bridgehead atoms. The van der Waals surface area contributed by atoms with Gasteiger partial charge in [0.2, 0.25) is 0 Å². The molecule has 0 unspecified atom stereocenters. The number of carbonyl (C=O) groups excluding carboxylic acids is 1. The number of hydrogen-bond acceptors (Lipinski definition) is 3. The van der Waals surface area contributed by atoms with Gasteiger partial charge in [-0.1, -0.05) is 0 Å². The van der Waals surface area contributed by atoms with E-state index in [1.165, 1.54) is 6.07 Å². The second-order valence-corrected chi connectivity index (χ2v) is 6.24. The Morgan fingerprint density at radius 3 is 2.57 bits per heavy atom. The lowest BCUT2D eigenvalue weighted by molar-refractivity contribution is 0.0580. The van der Waals surface area contributed by atoms with Crippen LogP contribution in [0.1, 0.15) is 49.5 Å². The molecule has 21 heavy (non-hydrogen) atoms. The minimum absolute atomic E-state index is 0.250. The summed E-state index contributed by atoms with van der Waals surface area (Å²) in [5.41, 5.74) is 1.34. The number of carbonyl (C=O) groups is 2. The molecule has 5 nitrogen and oxygen atoms in total. The fourth-order valence-corrected chi connectivity index (χ4v) is 2.39. The van der Waals surface area contributed by atoms with Crippen LogP contribution in [0.4, 0.5) is 10.5 Å². The van der Waals surface area contributed by atoms with Crippen LogP contribution in [0.5, 0.6) is 0 Å². The Morgan fingerprint density at radius 1 is 1.24 bits per heavy atom. The third kappa shape index (κ3) is 3.74. The van der Waals surface area contributed by atoms with Gasteiger partial charge in [-0.05, 0) is 63.8 Å². The number of carboxylic acids is 1. The Labute approximate surface area is 124 Å². The third-order valence-electron chi connectivity index (χ3n) is 3.31. The molecule has 114 valence electrons. The van der Waals surface area contributed by atoms with E-state index in [2.05, 4.69) is 0 Å². The average molecular weight is 291 g/mol. The van der Waals surface area contributed by atoms with Crippen molar-refractivity contribution in [2.24, 2.45) is 0 Å². The molecule has 2 rings (SSSR count). The van der Waals surface area contributed by atoms with Gasteiger partial charge in [0.1, 0.15) is 5.60 Å². The predicted octanol–water partition coefficient (Wildman–Crippen LogP) is 3.46. The summed E-state index contributed by atoms with van der Waals surface area (Å²) in [7, 11) is 0. The zero-order valence-corrected chi connectivity index (χ0v) is 12.7. The SMILES string of the molecule is CC(C)(C)OC(=O)N1CCCCc2cc(C(=O)O)ccc21. The second kappa shape index (κ2) is 5.76. The Morgan fingerprint density at radius 2 is 1.95 bits per heavy atom. The minimum atomic E-state index is -0.953. The number of aryl methyl sites for hydroxylation is 1. The van der Waals surface area contributed by atoms with Crippen LogP contribution in [0.2, 0.25) is 0 Å². The van der Waals surface area contributed by atoms with Gasteiger partial charge in [0.15, 0.2) is 0 Å². The Kier molecular flexibility index (Phi) is 4.21. The first-order chi connectivity index (χ1) is 9.78. The van der Waals surface area contributed by atoms with Gasteiger partial charge in [-0.2, -0.15) is 0 Å². The molecule has 0 spiro atoms. The number of fused-ring (bicyclic) bond motifs is 1. The van der Waals surface area contributed by atoms with Gasteiger partial charge in [-0.25, -0.2) is 9.59 Å². The fourth-order valence-electron chi connectivity index (χ4n) is 2.39. The maximum absolute atomic E-state index is 12.3. The van der Waals surface area contributed by atoms with Crippen LogP contribution < -0.4 is 4.90 Å². The summed E-state index contributed by atoms with van der Waals surface area (Å²) in [4.78, 5) is 25.0. The van der Waals surface area contributed by atoms with Crippen LogP contribution in [0.3, 0.4) is 0 Å². The number of amides is 1. The van der Waals surface area contributed by atoms with Crippen LogP contribution in [-0.2, 0) is 11.2 Å². The topological polar surface area (TPSA) is 66.8 Å². The van der Waals surface area contributed by atoms with E-state index in [-0.39, 0.29) is 11.7 Å². The van der Waals surface area contributed by atoms with Crippen LogP contribution in [-0.4, -0.2) is 29.3 Å². The molecule has 0 atom stereocenters. The first-order valence-corrected chi connectivity index (χ1v) is 7.15. The van der Waals surface area contributed by atoms with E-state index in [0.29, 0.717) is 6.54 Å². The van der Waals surface area contributed by atoms with E-state index in [1.807, 2.05) is 20.8 Å². The third-order valence-corrected chi connectivity index (χ3v) is 3.31. The average Bonchev–Trinajstić information content (AvgIpc) is 2.57. The van der Waals surface area contributed by atoms with E-state index >= 15 is 0 Å². The summed E-state index contributed by atoms with van der Waals surface area (Å²) in [5.74, 6) is -0.953. The number of benzene rings is 1. The van der Waals surface area contributed by atoms with Crippen molar-refractivity contribution in [3.05, 3.63) is 29.3 Å². The first kappa shape index (κ1) is 15.4. The molecular weight excluding hydrogens is 270 g/mol. The molecule has 0 aliphatic carbocycles. The molecule has 1 aromatic carbocycles. The Balaban J connectivity index is 2.34. The van der Waals surface area contributed by atoms with Crippen LogP contribution in [0.25, 0.3) is 0 Å². The van der Waals surface area contributed by atoms with Crippen molar-refractivity contribution in [2.75, 3.05) is 11.4 Å². The largest absolute Gasteiger partial charge is 0.478 e. The summed E-state index contributed by atoms with van der Waals surface area (Å²) in [6, 6.07) is 4.89. The number of hydrogen-bond donors (Lipinski definition) is 1. The number of nitrogens with zero attached hydrogens (tertiary/aromatic N) is 1. The zero-order valence-electron chi connectivity index (χ0n) is 12.7. The monoisotopic (exact) mass is 291 g/mol. The lowest BCUT2D eigenvalue weighted by Crippen LogP contribution is -2.37. The van der Waals surface area contributed by atoms with Gasteiger partial charge in [0.25, 0.3) is 0 Å². The number of carboxylic acid groups (broad SMARTS) is 1. The zero-order chi connectivity index (χ0) is 15.6. The molecule has 1 aliphatic rings. The quantitative estimate of drug-likeness (QED) is 0.860. The van der Waals surface area contributed by atoms with Crippen molar-refractivity contribution in [3.8, 4) is 0 Å². The van der Waals surface area contributed by atoms with Crippen molar-refractivity contribution in [2.45, 2.75) is 45.6 Å². The highest BCUT2D eigenvalue weighted by Crippen LogP contribution is 2.29. The lowest BCUT2D eigenvalue weighted by atomic mass is 10.0. The summed E-state index contributed by atoms with van der Waals surface area (Å²) in [6.07, 6.45) is 2.19. The van der Waals surface area contributed by atoms with Gasteiger partial charge < -0.3 is 9.84 Å². The summed E-state index contributed by atoms with van der Waals surface area (Å²) in [6.45, 7) is 6.08. The minimum Gasteiger partial charge on any atom is -0.478 e. The summed E-state index contributed by atoms with van der Waals surface area (Å²) in [5, 5.41) is 9.08. The number of anilines is 1. The van der Waals surface area contributed by atoms with Crippen molar-refractivity contribution in [1.29, 1.82) is 0 Å². The molecule has 0 saturated carbocycles. The Bertz CT molecular complexity index is 560. The number of rotatable bonds is 1. The maximum atomic E-state index is 12.3. The van der Waals surface area contributed by atoms with Crippen LogP contribution >= 0.6 is 0 Å². The molecule has 1 aliphatic heterocycles. The first-order valence-electron chi connectivity index (χ1n) is 7.15. The molecule has 0 saturated heterocycles. The molecule has 5 heteroatoms. The van der Waals surface area contributed by atoms with Gasteiger partial charge >= 0.3 is 12.1 Å². The van der Waals surface area contributed by atoms with E-state index in [0.717, 1.165) is 30.5 Å².